The van der Waals surface area contributed by atoms with Crippen molar-refractivity contribution in [3.05, 3.63) is 76.9 Å². The maximum Gasteiger partial charge on any atom is 0.106 e. The van der Waals surface area contributed by atoms with Gasteiger partial charge in [-0.25, -0.2) is 0 Å². The van der Waals surface area contributed by atoms with Crippen LogP contribution in [0, 0.1) is 0 Å². The summed E-state index contributed by atoms with van der Waals surface area (Å²) < 4.78 is 0. The molecule has 0 bridgehead atoms. The summed E-state index contributed by atoms with van der Waals surface area (Å²) in [4.78, 5) is 0. The van der Waals surface area contributed by atoms with Crippen molar-refractivity contribution in [2.45, 2.75) is 25.0 Å². The molecule has 2 unspecified atom stereocenters. The van der Waals surface area contributed by atoms with Crippen LogP contribution >= 0.6 is 0 Å². The summed E-state index contributed by atoms with van der Waals surface area (Å²) in [5.74, 6) is 0. The molecule has 1 aromatic carbocycles. The van der Waals surface area contributed by atoms with Gasteiger partial charge >= 0.3 is 0 Å². The average Bonchev–Trinajstić information content (AvgIpc) is 2.58. The molecule has 2 nitrogen and oxygen atoms in total. The lowest BCUT2D eigenvalue weighted by atomic mass is 9.86. The average molecular weight is 266 g/mol. The van der Waals surface area contributed by atoms with Crippen LogP contribution in [0.25, 0.3) is 6.08 Å². The zero-order valence-corrected chi connectivity index (χ0v) is 11.7. The fourth-order valence-corrected chi connectivity index (χ4v) is 2.84. The van der Waals surface area contributed by atoms with Crippen molar-refractivity contribution >= 4 is 6.08 Å². The van der Waals surface area contributed by atoms with Crippen molar-refractivity contribution in [3.8, 4) is 0 Å². The van der Waals surface area contributed by atoms with E-state index in [1.54, 1.807) is 26.0 Å². The Labute approximate surface area is 119 Å². The van der Waals surface area contributed by atoms with E-state index in [1.165, 1.54) is 0 Å². The minimum atomic E-state index is -1.11. The van der Waals surface area contributed by atoms with Crippen molar-refractivity contribution in [1.29, 1.82) is 0 Å². The highest BCUT2D eigenvalue weighted by molar-refractivity contribution is 5.71. The largest absolute Gasteiger partial charge is 0.381 e. The number of hydrogen-bond donors (Lipinski definition) is 2. The maximum absolute atomic E-state index is 10.8. The second kappa shape index (κ2) is 4.30. The predicted molar refractivity (Wildman–Crippen MR) is 81.0 cm³/mol. The molecule has 2 atom stereocenters. The molecule has 1 aromatic rings. The van der Waals surface area contributed by atoms with Crippen molar-refractivity contribution in [1.82, 2.24) is 0 Å². The van der Waals surface area contributed by atoms with Gasteiger partial charge in [0.2, 0.25) is 0 Å². The van der Waals surface area contributed by atoms with Crippen molar-refractivity contribution < 1.29 is 10.2 Å². The summed E-state index contributed by atoms with van der Waals surface area (Å²) in [6.45, 7) is 3.49. The van der Waals surface area contributed by atoms with Crippen molar-refractivity contribution in [3.63, 3.8) is 0 Å². The number of allylic oxidation sites excluding steroid dienone is 3. The van der Waals surface area contributed by atoms with E-state index < -0.39 is 11.2 Å². The molecule has 0 saturated heterocycles. The molecule has 2 heteroatoms. The second-order valence-corrected chi connectivity index (χ2v) is 5.76. The summed E-state index contributed by atoms with van der Waals surface area (Å²) in [6.07, 6.45) is 11.2. The van der Waals surface area contributed by atoms with Gasteiger partial charge in [0.05, 0.1) is 0 Å². The van der Waals surface area contributed by atoms with Crippen molar-refractivity contribution in [2.24, 2.45) is 0 Å². The molecular weight excluding hydrogens is 248 g/mol. The summed E-state index contributed by atoms with van der Waals surface area (Å²) in [5.41, 5.74) is 1.26. The number of hydrogen-bond acceptors (Lipinski definition) is 2. The molecule has 0 saturated carbocycles. The third kappa shape index (κ3) is 2.07. The van der Waals surface area contributed by atoms with Gasteiger partial charge in [0, 0.05) is 0 Å². The van der Waals surface area contributed by atoms with Gasteiger partial charge < -0.3 is 10.2 Å². The van der Waals surface area contributed by atoms with E-state index in [0.717, 1.165) is 22.3 Å². The Bertz CT molecular complexity index is 670. The number of benzene rings is 1. The Hall–Kier alpha value is -1.90. The van der Waals surface area contributed by atoms with Gasteiger partial charge in [-0.05, 0) is 54.3 Å². The molecule has 2 aliphatic rings. The maximum atomic E-state index is 10.8. The number of fused-ring (bicyclic) bond motifs is 2. The zero-order valence-electron chi connectivity index (χ0n) is 11.7. The first-order valence-corrected chi connectivity index (χ1v) is 6.76. The normalized spacial score (nSPS) is 31.6. The lowest BCUT2D eigenvalue weighted by molar-refractivity contribution is 0.103. The van der Waals surface area contributed by atoms with E-state index in [4.69, 9.17) is 0 Å². The summed E-state index contributed by atoms with van der Waals surface area (Å²) in [5, 5.41) is 21.4. The Balaban J connectivity index is 2.31. The first-order chi connectivity index (χ1) is 9.40. The number of aliphatic hydroxyl groups is 2. The molecule has 2 N–H and O–H groups in total. The Morgan fingerprint density at radius 2 is 1.70 bits per heavy atom. The molecule has 0 fully saturated rings. The molecule has 0 amide bonds. The van der Waals surface area contributed by atoms with Crippen LogP contribution in [0.4, 0.5) is 0 Å². The quantitative estimate of drug-likeness (QED) is 0.757. The molecule has 0 aliphatic heterocycles. The summed E-state index contributed by atoms with van der Waals surface area (Å²) in [7, 11) is 0. The monoisotopic (exact) mass is 266 g/mol. The van der Waals surface area contributed by atoms with E-state index in [1.807, 2.05) is 48.6 Å². The van der Waals surface area contributed by atoms with E-state index in [9.17, 15) is 10.2 Å². The molecule has 102 valence electrons. The lowest BCUT2D eigenvalue weighted by Gasteiger charge is -2.26. The van der Waals surface area contributed by atoms with Gasteiger partial charge in [0.15, 0.2) is 0 Å². The molecule has 20 heavy (non-hydrogen) atoms. The Kier molecular flexibility index (Phi) is 2.82. The van der Waals surface area contributed by atoms with E-state index in [0.29, 0.717) is 0 Å². The van der Waals surface area contributed by atoms with E-state index in [-0.39, 0.29) is 0 Å². The second-order valence-electron chi connectivity index (χ2n) is 5.76. The van der Waals surface area contributed by atoms with Crippen LogP contribution < -0.4 is 0 Å². The first kappa shape index (κ1) is 13.1. The molecule has 0 heterocycles. The first-order valence-electron chi connectivity index (χ1n) is 6.76. The third-order valence-corrected chi connectivity index (χ3v) is 3.91. The minimum Gasteiger partial charge on any atom is -0.381 e. The molecule has 0 spiro atoms. The van der Waals surface area contributed by atoms with Crippen LogP contribution in [0.1, 0.15) is 25.0 Å². The van der Waals surface area contributed by atoms with Gasteiger partial charge in [-0.15, -0.1) is 0 Å². The minimum absolute atomic E-state index is 0.726. The molecule has 2 aliphatic carbocycles. The number of rotatable bonds is 0. The molecular formula is C18H18O2. The summed E-state index contributed by atoms with van der Waals surface area (Å²) in [6, 6.07) is 7.77. The van der Waals surface area contributed by atoms with Gasteiger partial charge in [-0.2, -0.15) is 0 Å². The van der Waals surface area contributed by atoms with Crippen LogP contribution in [0.2, 0.25) is 0 Å². The van der Waals surface area contributed by atoms with Crippen LogP contribution in [0.5, 0.6) is 0 Å². The standard InChI is InChI=1S/C18H18O2/c1-17(19)10-6-5-8-14-11-13-7-3-4-9-15(13)18(2,20)12-16(14)17/h3-12,19-20H,1-2H3. The summed E-state index contributed by atoms with van der Waals surface area (Å²) >= 11 is 0. The molecule has 0 aromatic heterocycles. The SMILES string of the molecule is CC1(O)C=CC=CC2=Cc3ccccc3C(C)(O)C=C21. The topological polar surface area (TPSA) is 40.5 Å². The van der Waals surface area contributed by atoms with Crippen LogP contribution in [0.15, 0.2) is 65.8 Å². The highest BCUT2D eigenvalue weighted by Gasteiger charge is 2.33. The van der Waals surface area contributed by atoms with Gasteiger partial charge in [-0.1, -0.05) is 42.5 Å². The van der Waals surface area contributed by atoms with Gasteiger partial charge in [0.25, 0.3) is 0 Å². The van der Waals surface area contributed by atoms with Crippen molar-refractivity contribution in [2.75, 3.05) is 0 Å². The predicted octanol–water partition coefficient (Wildman–Crippen LogP) is 3.09. The van der Waals surface area contributed by atoms with Crippen LogP contribution in [-0.2, 0) is 5.60 Å². The van der Waals surface area contributed by atoms with Gasteiger partial charge in [0.1, 0.15) is 11.2 Å². The van der Waals surface area contributed by atoms with E-state index in [2.05, 4.69) is 0 Å². The zero-order chi connectivity index (χ0) is 14.4. The molecule has 0 radical (unpaired) electrons. The smallest absolute Gasteiger partial charge is 0.106 e. The lowest BCUT2D eigenvalue weighted by Crippen LogP contribution is -2.27. The highest BCUT2D eigenvalue weighted by Crippen LogP contribution is 2.39. The fraction of sp³-hybridized carbons (Fsp3) is 0.222. The molecule has 3 rings (SSSR count). The third-order valence-electron chi connectivity index (χ3n) is 3.91. The Morgan fingerprint density at radius 1 is 0.950 bits per heavy atom. The highest BCUT2D eigenvalue weighted by atomic mass is 16.3. The van der Waals surface area contributed by atoms with Gasteiger partial charge in [-0.3, -0.25) is 0 Å². The van der Waals surface area contributed by atoms with E-state index >= 15 is 0 Å². The van der Waals surface area contributed by atoms with Crippen LogP contribution in [0.3, 0.4) is 0 Å². The fourth-order valence-electron chi connectivity index (χ4n) is 2.84. The van der Waals surface area contributed by atoms with Crippen LogP contribution in [-0.4, -0.2) is 15.8 Å². The Morgan fingerprint density at radius 3 is 2.50 bits per heavy atom.